The Hall–Kier alpha value is -1.62. The summed E-state index contributed by atoms with van der Waals surface area (Å²) in [5.74, 6) is 0.226. The van der Waals surface area contributed by atoms with Crippen molar-refractivity contribution in [1.29, 1.82) is 0 Å². The monoisotopic (exact) mass is 321 g/mol. The van der Waals surface area contributed by atoms with Gasteiger partial charge in [-0.3, -0.25) is 4.79 Å². The van der Waals surface area contributed by atoms with Gasteiger partial charge < -0.3 is 14.7 Å². The zero-order chi connectivity index (χ0) is 16.4. The molecule has 126 valence electrons. The zero-order valence-electron chi connectivity index (χ0n) is 13.6. The third-order valence-corrected chi connectivity index (χ3v) is 5.50. The Morgan fingerprint density at radius 2 is 2.17 bits per heavy atom. The Kier molecular flexibility index (Phi) is 4.57. The maximum atomic E-state index is 13.4. The van der Waals surface area contributed by atoms with Gasteiger partial charge in [0.15, 0.2) is 0 Å². The molecule has 1 saturated heterocycles. The fraction of sp³-hybridized carbons (Fsp3) is 0.611. The van der Waals surface area contributed by atoms with Crippen LogP contribution in [-0.4, -0.2) is 42.2 Å². The molecule has 2 aliphatic heterocycles. The molecule has 0 bridgehead atoms. The highest BCUT2D eigenvalue weighted by Crippen LogP contribution is 2.35. The highest BCUT2D eigenvalue weighted by Gasteiger charge is 2.36. The van der Waals surface area contributed by atoms with Crippen molar-refractivity contribution in [2.45, 2.75) is 32.6 Å². The first-order valence-electron chi connectivity index (χ1n) is 8.38. The van der Waals surface area contributed by atoms with Crippen LogP contribution in [0.25, 0.3) is 0 Å². The van der Waals surface area contributed by atoms with Gasteiger partial charge in [0.05, 0.1) is 5.92 Å². The fourth-order valence-electron chi connectivity index (χ4n) is 3.60. The number of rotatable bonds is 3. The first-order valence-corrected chi connectivity index (χ1v) is 8.38. The number of aliphatic hydroxyl groups is 1. The molecule has 1 unspecified atom stereocenters. The largest absolute Gasteiger partial charge is 0.492 e. The normalized spacial score (nSPS) is 23.1. The second-order valence-corrected chi connectivity index (χ2v) is 6.80. The van der Waals surface area contributed by atoms with E-state index in [0.717, 1.165) is 24.8 Å². The van der Waals surface area contributed by atoms with Crippen LogP contribution in [0.3, 0.4) is 0 Å². The van der Waals surface area contributed by atoms with Crippen LogP contribution in [-0.2, 0) is 11.2 Å². The molecule has 1 aromatic carbocycles. The smallest absolute Gasteiger partial charge is 0.229 e. The molecule has 0 spiro atoms. The molecule has 1 aromatic rings. The molecule has 1 atom stereocenters. The van der Waals surface area contributed by atoms with Gasteiger partial charge in [-0.15, -0.1) is 0 Å². The van der Waals surface area contributed by atoms with Crippen molar-refractivity contribution in [2.75, 3.05) is 26.3 Å². The van der Waals surface area contributed by atoms with E-state index in [1.54, 1.807) is 6.07 Å². The maximum absolute atomic E-state index is 13.4. The summed E-state index contributed by atoms with van der Waals surface area (Å²) in [6.45, 7) is 3.99. The van der Waals surface area contributed by atoms with Crippen molar-refractivity contribution in [1.82, 2.24) is 4.90 Å². The van der Waals surface area contributed by atoms with Gasteiger partial charge in [0.2, 0.25) is 5.91 Å². The Balaban J connectivity index is 1.64. The summed E-state index contributed by atoms with van der Waals surface area (Å²) in [6, 6.07) is 4.47. The van der Waals surface area contributed by atoms with Gasteiger partial charge in [-0.05, 0) is 54.9 Å². The fourth-order valence-corrected chi connectivity index (χ4v) is 3.60. The van der Waals surface area contributed by atoms with Crippen LogP contribution in [0.2, 0.25) is 0 Å². The quantitative estimate of drug-likeness (QED) is 0.930. The molecule has 0 aliphatic carbocycles. The lowest BCUT2D eigenvalue weighted by Gasteiger charge is -2.41. The molecule has 1 fully saturated rings. The van der Waals surface area contributed by atoms with E-state index in [4.69, 9.17) is 4.74 Å². The van der Waals surface area contributed by atoms with E-state index in [2.05, 4.69) is 6.92 Å². The molecule has 2 heterocycles. The molecule has 0 saturated carbocycles. The first kappa shape index (κ1) is 16.2. The number of nitrogens with zero attached hydrogens (tertiary/aromatic N) is 1. The van der Waals surface area contributed by atoms with Gasteiger partial charge in [0.1, 0.15) is 18.2 Å². The second-order valence-electron chi connectivity index (χ2n) is 6.80. The predicted molar refractivity (Wildman–Crippen MR) is 84.7 cm³/mol. The van der Waals surface area contributed by atoms with Crippen LogP contribution in [0.15, 0.2) is 18.2 Å². The van der Waals surface area contributed by atoms with Crippen molar-refractivity contribution in [3.63, 3.8) is 0 Å². The van der Waals surface area contributed by atoms with E-state index in [-0.39, 0.29) is 29.7 Å². The van der Waals surface area contributed by atoms with Crippen molar-refractivity contribution in [2.24, 2.45) is 11.3 Å². The number of carbonyl (C=O) groups excluding carboxylic acids is 1. The number of hydrogen-bond acceptors (Lipinski definition) is 3. The maximum Gasteiger partial charge on any atom is 0.229 e. The van der Waals surface area contributed by atoms with Crippen molar-refractivity contribution < 1.29 is 19.0 Å². The van der Waals surface area contributed by atoms with Gasteiger partial charge in [0.25, 0.3) is 0 Å². The van der Waals surface area contributed by atoms with E-state index < -0.39 is 0 Å². The molecular formula is C18H24FNO3. The molecular weight excluding hydrogens is 297 g/mol. The number of halogens is 1. The third kappa shape index (κ3) is 3.20. The third-order valence-electron chi connectivity index (χ3n) is 5.50. The summed E-state index contributed by atoms with van der Waals surface area (Å²) in [5, 5.41) is 9.59. The molecule has 4 nitrogen and oxygen atoms in total. The number of benzene rings is 1. The number of fused-ring (bicyclic) bond motifs is 1. The lowest BCUT2D eigenvalue weighted by atomic mass is 9.76. The Labute approximate surface area is 136 Å². The topological polar surface area (TPSA) is 49.8 Å². The molecule has 5 heteroatoms. The zero-order valence-corrected chi connectivity index (χ0v) is 13.6. The lowest BCUT2D eigenvalue weighted by molar-refractivity contribution is -0.139. The molecule has 0 radical (unpaired) electrons. The number of likely N-dealkylation sites (tertiary alicyclic amines) is 1. The molecule has 1 N–H and O–H groups in total. The Morgan fingerprint density at radius 1 is 1.43 bits per heavy atom. The van der Waals surface area contributed by atoms with Crippen LogP contribution >= 0.6 is 0 Å². The number of amides is 1. The number of hydrogen-bond donors (Lipinski definition) is 1. The summed E-state index contributed by atoms with van der Waals surface area (Å²) < 4.78 is 19.0. The van der Waals surface area contributed by atoms with Crippen LogP contribution in [0.1, 0.15) is 31.7 Å². The Morgan fingerprint density at radius 3 is 2.83 bits per heavy atom. The van der Waals surface area contributed by atoms with E-state index in [1.165, 1.54) is 12.1 Å². The van der Waals surface area contributed by atoms with Gasteiger partial charge in [-0.25, -0.2) is 4.39 Å². The number of ether oxygens (including phenoxy) is 1. The van der Waals surface area contributed by atoms with E-state index in [0.29, 0.717) is 31.9 Å². The van der Waals surface area contributed by atoms with Crippen LogP contribution < -0.4 is 4.74 Å². The van der Waals surface area contributed by atoms with E-state index >= 15 is 0 Å². The van der Waals surface area contributed by atoms with Gasteiger partial charge in [0, 0.05) is 19.7 Å². The average molecular weight is 321 g/mol. The summed E-state index contributed by atoms with van der Waals surface area (Å²) in [6.07, 6.45) is 3.14. The number of aliphatic hydroxyl groups excluding tert-OH is 1. The van der Waals surface area contributed by atoms with Crippen molar-refractivity contribution in [3.8, 4) is 5.75 Å². The highest BCUT2D eigenvalue weighted by atomic mass is 19.1. The summed E-state index contributed by atoms with van der Waals surface area (Å²) in [7, 11) is 0. The summed E-state index contributed by atoms with van der Waals surface area (Å²) in [5.41, 5.74) is 0.736. The minimum Gasteiger partial charge on any atom is -0.492 e. The summed E-state index contributed by atoms with van der Waals surface area (Å²) in [4.78, 5) is 14.6. The standard InChI is InChI=1S/C18H24FNO3/c1-2-18(12-21)5-7-20(8-6-18)17(22)14-9-13-10-15(19)3-4-16(13)23-11-14/h3-4,10,14,21H,2,5-9,11-12H2,1H3. The van der Waals surface area contributed by atoms with Crippen molar-refractivity contribution in [3.05, 3.63) is 29.6 Å². The van der Waals surface area contributed by atoms with Crippen LogP contribution in [0.5, 0.6) is 5.75 Å². The van der Waals surface area contributed by atoms with Crippen LogP contribution in [0, 0.1) is 17.2 Å². The van der Waals surface area contributed by atoms with E-state index in [9.17, 15) is 14.3 Å². The Bertz CT molecular complexity index is 576. The van der Waals surface area contributed by atoms with E-state index in [1.807, 2.05) is 4.90 Å². The number of piperidine rings is 1. The molecule has 0 aromatic heterocycles. The van der Waals surface area contributed by atoms with Gasteiger partial charge in [-0.2, -0.15) is 0 Å². The summed E-state index contributed by atoms with van der Waals surface area (Å²) >= 11 is 0. The highest BCUT2D eigenvalue weighted by molar-refractivity contribution is 5.80. The SMILES string of the molecule is CCC1(CO)CCN(C(=O)C2COc3ccc(F)cc3C2)CC1. The predicted octanol–water partition coefficient (Wildman–Crippen LogP) is 2.39. The van der Waals surface area contributed by atoms with Gasteiger partial charge in [-0.1, -0.05) is 6.92 Å². The molecule has 23 heavy (non-hydrogen) atoms. The first-order chi connectivity index (χ1) is 11.1. The minimum atomic E-state index is -0.297. The minimum absolute atomic E-state index is 0.0322. The van der Waals surface area contributed by atoms with Crippen molar-refractivity contribution >= 4 is 5.91 Å². The second kappa shape index (κ2) is 6.48. The number of carbonyl (C=O) groups is 1. The van der Waals surface area contributed by atoms with Crippen LogP contribution in [0.4, 0.5) is 4.39 Å². The van der Waals surface area contributed by atoms with Gasteiger partial charge >= 0.3 is 0 Å². The molecule has 3 rings (SSSR count). The molecule has 2 aliphatic rings. The molecule has 1 amide bonds. The average Bonchev–Trinajstić information content (AvgIpc) is 2.60. The lowest BCUT2D eigenvalue weighted by Crippen LogP contribution is -2.48.